The molecule has 3 aromatic rings. The highest BCUT2D eigenvalue weighted by Gasteiger charge is 2.17. The van der Waals surface area contributed by atoms with Gasteiger partial charge in [0.2, 0.25) is 5.91 Å². The van der Waals surface area contributed by atoms with Crippen LogP contribution in [0.3, 0.4) is 0 Å². The molecule has 0 radical (unpaired) electrons. The van der Waals surface area contributed by atoms with Crippen molar-refractivity contribution in [2.24, 2.45) is 0 Å². The van der Waals surface area contributed by atoms with Crippen LogP contribution in [0.5, 0.6) is 11.5 Å². The van der Waals surface area contributed by atoms with E-state index in [1.807, 2.05) is 0 Å². The van der Waals surface area contributed by atoms with Gasteiger partial charge in [-0.05, 0) is 30.3 Å². The predicted molar refractivity (Wildman–Crippen MR) is 120 cm³/mol. The van der Waals surface area contributed by atoms with Gasteiger partial charge in [-0.25, -0.2) is 0 Å². The van der Waals surface area contributed by atoms with Crippen LogP contribution in [0.15, 0.2) is 66.3 Å². The first-order valence-electron chi connectivity index (χ1n) is 9.47. The largest absolute Gasteiger partial charge is 0.497 e. The molecule has 1 amide bonds. The maximum absolute atomic E-state index is 12.3. The second kappa shape index (κ2) is 11.0. The van der Waals surface area contributed by atoms with Gasteiger partial charge in [-0.1, -0.05) is 30.0 Å². The molecule has 0 unspecified atom stereocenters. The quantitative estimate of drug-likeness (QED) is 0.201. The number of hydrogen-bond acceptors (Lipinski definition) is 8. The number of nitrogens with one attached hydrogen (secondary N) is 1. The van der Waals surface area contributed by atoms with Crippen LogP contribution in [-0.2, 0) is 17.9 Å². The molecule has 32 heavy (non-hydrogen) atoms. The first kappa shape index (κ1) is 22.8. The Balaban J connectivity index is 1.62. The lowest BCUT2D eigenvalue weighted by Crippen LogP contribution is -2.16. The minimum absolute atomic E-state index is 0.000657. The summed E-state index contributed by atoms with van der Waals surface area (Å²) >= 11 is 1.16. The molecule has 0 aliphatic heterocycles. The third-order valence-corrected chi connectivity index (χ3v) is 5.21. The van der Waals surface area contributed by atoms with Crippen molar-refractivity contribution in [1.82, 2.24) is 14.8 Å². The third kappa shape index (κ3) is 5.85. The summed E-state index contributed by atoms with van der Waals surface area (Å²) in [5.74, 6) is 1.55. The zero-order chi connectivity index (χ0) is 22.9. The number of carbonyl (C=O) groups excluding carboxylic acids is 1. The molecular weight excluding hydrogens is 434 g/mol. The van der Waals surface area contributed by atoms with Gasteiger partial charge in [0, 0.05) is 12.6 Å². The summed E-state index contributed by atoms with van der Waals surface area (Å²) in [6, 6.07) is 13.1. The molecule has 11 heteroatoms. The van der Waals surface area contributed by atoms with Crippen molar-refractivity contribution < 1.29 is 19.2 Å². The molecule has 0 bridgehead atoms. The molecule has 1 heterocycles. The molecular formula is C21H21N5O5S. The molecule has 2 aromatic carbocycles. The van der Waals surface area contributed by atoms with Crippen molar-refractivity contribution in [3.63, 3.8) is 0 Å². The minimum atomic E-state index is -0.543. The van der Waals surface area contributed by atoms with Gasteiger partial charge >= 0.3 is 0 Å². The number of hydrogen-bond donors (Lipinski definition) is 1. The molecule has 0 spiro atoms. The summed E-state index contributed by atoms with van der Waals surface area (Å²) in [7, 11) is 1.59. The van der Waals surface area contributed by atoms with Crippen LogP contribution in [0.2, 0.25) is 0 Å². The molecule has 0 saturated heterocycles. The summed E-state index contributed by atoms with van der Waals surface area (Å²) < 4.78 is 12.7. The Morgan fingerprint density at radius 2 is 1.94 bits per heavy atom. The second-order valence-corrected chi connectivity index (χ2v) is 7.32. The van der Waals surface area contributed by atoms with E-state index in [2.05, 4.69) is 22.1 Å². The topological polar surface area (TPSA) is 121 Å². The summed E-state index contributed by atoms with van der Waals surface area (Å²) in [4.78, 5) is 22.9. The molecule has 0 aliphatic rings. The Bertz CT molecular complexity index is 1100. The smallest absolute Gasteiger partial charge is 0.292 e. The van der Waals surface area contributed by atoms with Crippen LogP contribution < -0.4 is 14.8 Å². The molecule has 1 aromatic heterocycles. The highest BCUT2D eigenvalue weighted by Crippen LogP contribution is 2.24. The van der Waals surface area contributed by atoms with Crippen LogP contribution in [0.4, 0.5) is 11.4 Å². The van der Waals surface area contributed by atoms with Crippen molar-refractivity contribution in [2.75, 3.05) is 18.2 Å². The van der Waals surface area contributed by atoms with Gasteiger partial charge in [0.05, 0.1) is 17.8 Å². The highest BCUT2D eigenvalue weighted by molar-refractivity contribution is 7.99. The number of carbonyl (C=O) groups is 1. The zero-order valence-electron chi connectivity index (χ0n) is 17.3. The number of ether oxygens (including phenoxy) is 2. The number of aromatic nitrogens is 3. The van der Waals surface area contributed by atoms with Crippen LogP contribution in [0.1, 0.15) is 5.82 Å². The average Bonchev–Trinajstić information content (AvgIpc) is 3.18. The molecule has 1 N–H and O–H groups in total. The van der Waals surface area contributed by atoms with E-state index in [4.69, 9.17) is 9.47 Å². The molecule has 0 fully saturated rings. The van der Waals surface area contributed by atoms with Crippen molar-refractivity contribution in [2.45, 2.75) is 18.3 Å². The first-order chi connectivity index (χ1) is 15.5. The van der Waals surface area contributed by atoms with Gasteiger partial charge in [0.1, 0.15) is 23.8 Å². The number of methoxy groups -OCH3 is 1. The molecule has 10 nitrogen and oxygen atoms in total. The second-order valence-electron chi connectivity index (χ2n) is 6.37. The summed E-state index contributed by atoms with van der Waals surface area (Å²) in [6.45, 7) is 4.36. The normalized spacial score (nSPS) is 10.4. The number of benzene rings is 2. The lowest BCUT2D eigenvalue weighted by atomic mass is 10.2. The van der Waals surface area contributed by atoms with Gasteiger partial charge in [-0.2, -0.15) is 0 Å². The van der Waals surface area contributed by atoms with E-state index in [1.165, 1.54) is 18.2 Å². The van der Waals surface area contributed by atoms with E-state index in [0.29, 0.717) is 23.3 Å². The van der Waals surface area contributed by atoms with E-state index >= 15 is 0 Å². The number of rotatable bonds is 11. The number of thioether (sulfide) groups is 1. The third-order valence-electron chi connectivity index (χ3n) is 4.24. The summed E-state index contributed by atoms with van der Waals surface area (Å²) in [5, 5.41) is 22.5. The van der Waals surface area contributed by atoms with Crippen LogP contribution >= 0.6 is 11.8 Å². The molecule has 3 rings (SSSR count). The van der Waals surface area contributed by atoms with Gasteiger partial charge in [0.25, 0.3) is 5.69 Å². The average molecular weight is 455 g/mol. The number of nitrogens with zero attached hydrogens (tertiary/aromatic N) is 4. The number of amides is 1. The lowest BCUT2D eigenvalue weighted by Gasteiger charge is -2.10. The molecule has 0 aliphatic carbocycles. The Labute approximate surface area is 188 Å². The number of para-hydroxylation sites is 2. The van der Waals surface area contributed by atoms with E-state index in [1.54, 1.807) is 48.1 Å². The fourth-order valence-corrected chi connectivity index (χ4v) is 3.49. The number of anilines is 1. The maximum atomic E-state index is 12.3. The number of nitro benzene ring substituents is 1. The first-order valence-corrected chi connectivity index (χ1v) is 10.5. The standard InChI is InChI=1S/C21H21N5O5S/c1-3-12-25-19(13-31-16-10-8-15(30-2)9-11-16)23-24-21(25)32-14-20(27)22-17-6-4-5-7-18(17)26(28)29/h3-11H,1,12-14H2,2H3,(H,22,27). The van der Waals surface area contributed by atoms with Crippen LogP contribution in [-0.4, -0.2) is 38.5 Å². The summed E-state index contributed by atoms with van der Waals surface area (Å²) in [5.41, 5.74) is -0.0251. The zero-order valence-corrected chi connectivity index (χ0v) is 18.1. The Kier molecular flexibility index (Phi) is 7.81. The van der Waals surface area contributed by atoms with Crippen molar-refractivity contribution in [3.8, 4) is 11.5 Å². The molecule has 0 atom stereocenters. The minimum Gasteiger partial charge on any atom is -0.497 e. The fourth-order valence-electron chi connectivity index (χ4n) is 2.72. The van der Waals surface area contributed by atoms with Crippen molar-refractivity contribution in [1.29, 1.82) is 0 Å². The predicted octanol–water partition coefficient (Wildman–Crippen LogP) is 3.69. The van der Waals surface area contributed by atoms with Crippen molar-refractivity contribution >= 4 is 29.0 Å². The Morgan fingerprint density at radius 1 is 1.22 bits per heavy atom. The Hall–Kier alpha value is -3.86. The number of allylic oxidation sites excluding steroid dienone is 1. The fraction of sp³-hybridized carbons (Fsp3) is 0.190. The molecule has 0 saturated carbocycles. The van der Waals surface area contributed by atoms with Crippen LogP contribution in [0, 0.1) is 10.1 Å². The number of nitro groups is 1. The van der Waals surface area contributed by atoms with E-state index in [9.17, 15) is 14.9 Å². The monoisotopic (exact) mass is 455 g/mol. The summed E-state index contributed by atoms with van der Waals surface area (Å²) in [6.07, 6.45) is 1.69. The maximum Gasteiger partial charge on any atom is 0.292 e. The molecule has 166 valence electrons. The van der Waals surface area contributed by atoms with Gasteiger partial charge in [0.15, 0.2) is 11.0 Å². The van der Waals surface area contributed by atoms with E-state index in [-0.39, 0.29) is 23.7 Å². The lowest BCUT2D eigenvalue weighted by molar-refractivity contribution is -0.383. The van der Waals surface area contributed by atoms with E-state index < -0.39 is 10.8 Å². The van der Waals surface area contributed by atoms with E-state index in [0.717, 1.165) is 17.5 Å². The SMILES string of the molecule is C=CCn1c(COc2ccc(OC)cc2)nnc1SCC(=O)Nc1ccccc1[N+](=O)[O-]. The Morgan fingerprint density at radius 3 is 2.62 bits per heavy atom. The van der Waals surface area contributed by atoms with Gasteiger partial charge in [-0.3, -0.25) is 19.5 Å². The van der Waals surface area contributed by atoms with Crippen LogP contribution in [0.25, 0.3) is 0 Å². The van der Waals surface area contributed by atoms with Crippen molar-refractivity contribution in [3.05, 3.63) is 77.1 Å². The van der Waals surface area contributed by atoms with Gasteiger partial charge in [-0.15, -0.1) is 16.8 Å². The highest BCUT2D eigenvalue weighted by atomic mass is 32.2. The van der Waals surface area contributed by atoms with Gasteiger partial charge < -0.3 is 14.8 Å².